The lowest BCUT2D eigenvalue weighted by molar-refractivity contribution is 0.610. The number of nitrogens with zero attached hydrogens (tertiary/aromatic N) is 4. The fourth-order valence-corrected chi connectivity index (χ4v) is 1.92. The van der Waals surface area contributed by atoms with E-state index < -0.39 is 0 Å². The first kappa shape index (κ1) is 13.1. The van der Waals surface area contributed by atoms with Gasteiger partial charge in [0.05, 0.1) is 6.33 Å². The lowest BCUT2D eigenvalue weighted by atomic mass is 10.1. The van der Waals surface area contributed by atoms with E-state index in [2.05, 4.69) is 54.9 Å². The van der Waals surface area contributed by atoms with Gasteiger partial charge in [-0.05, 0) is 46.2 Å². The summed E-state index contributed by atoms with van der Waals surface area (Å²) < 4.78 is 2.04. The topological polar surface area (TPSA) is 55.6 Å². The maximum atomic E-state index is 5.93. The van der Waals surface area contributed by atoms with Crippen LogP contribution < -0.4 is 5.32 Å². The molecule has 0 aromatic carbocycles. The van der Waals surface area contributed by atoms with Crippen LogP contribution >= 0.6 is 11.6 Å². The van der Waals surface area contributed by atoms with Crippen LogP contribution in [0, 0.1) is 0 Å². The largest absolute Gasteiger partial charge is 0.364 e. The van der Waals surface area contributed by atoms with Crippen molar-refractivity contribution >= 4 is 28.6 Å². The summed E-state index contributed by atoms with van der Waals surface area (Å²) in [6.45, 7) is 10.4. The molecule has 0 aliphatic rings. The van der Waals surface area contributed by atoms with Crippen molar-refractivity contribution in [3.63, 3.8) is 0 Å². The molecule has 0 radical (unpaired) electrons. The number of hydrogen-bond donors (Lipinski definition) is 1. The van der Waals surface area contributed by atoms with Gasteiger partial charge in [-0.25, -0.2) is 4.98 Å². The lowest BCUT2D eigenvalue weighted by Crippen LogP contribution is -2.27. The highest BCUT2D eigenvalue weighted by Gasteiger charge is 2.18. The molecule has 2 aromatic rings. The summed E-state index contributed by atoms with van der Waals surface area (Å²) in [4.78, 5) is 12.7. The minimum atomic E-state index is -0.101. The zero-order valence-corrected chi connectivity index (χ0v) is 12.1. The molecule has 0 saturated heterocycles. The summed E-state index contributed by atoms with van der Waals surface area (Å²) in [5, 5.41) is 3.56. The highest BCUT2D eigenvalue weighted by molar-refractivity contribution is 6.28. The number of hydrogen-bond acceptors (Lipinski definition) is 4. The summed E-state index contributed by atoms with van der Waals surface area (Å²) in [6, 6.07) is 0.292. The number of nitrogens with one attached hydrogen (secondary N) is 1. The van der Waals surface area contributed by atoms with Crippen LogP contribution in [0.1, 0.15) is 40.7 Å². The van der Waals surface area contributed by atoms with Crippen molar-refractivity contribution < 1.29 is 0 Å². The van der Waals surface area contributed by atoms with E-state index in [9.17, 15) is 0 Å². The van der Waals surface area contributed by atoms with Crippen molar-refractivity contribution in [3.8, 4) is 0 Å². The van der Waals surface area contributed by atoms with Gasteiger partial charge in [-0.3, -0.25) is 0 Å². The highest BCUT2D eigenvalue weighted by Crippen LogP contribution is 2.26. The Kier molecular flexibility index (Phi) is 3.19. The van der Waals surface area contributed by atoms with E-state index in [-0.39, 0.29) is 10.8 Å². The zero-order chi connectivity index (χ0) is 13.5. The zero-order valence-electron chi connectivity index (χ0n) is 11.3. The summed E-state index contributed by atoms with van der Waals surface area (Å²) in [6.07, 6.45) is 1.77. The molecule has 1 N–H and O–H groups in total. The van der Waals surface area contributed by atoms with Crippen LogP contribution in [0.5, 0.6) is 0 Å². The van der Waals surface area contributed by atoms with Crippen LogP contribution in [0.15, 0.2) is 6.33 Å². The molecular weight excluding hydrogens is 250 g/mol. The first-order valence-corrected chi connectivity index (χ1v) is 6.34. The molecule has 0 atom stereocenters. The normalized spacial score (nSPS) is 12.4. The van der Waals surface area contributed by atoms with Crippen molar-refractivity contribution in [2.24, 2.45) is 0 Å². The predicted octanol–water partition coefficient (Wildman–Crippen LogP) is 3.27. The Balaban J connectivity index is 2.65. The van der Waals surface area contributed by atoms with Crippen molar-refractivity contribution in [1.29, 1.82) is 0 Å². The van der Waals surface area contributed by atoms with E-state index >= 15 is 0 Å². The van der Waals surface area contributed by atoms with Gasteiger partial charge in [0.2, 0.25) is 5.28 Å². The molecule has 0 amide bonds. The lowest BCUT2D eigenvalue weighted by Gasteiger charge is -2.22. The Hall–Kier alpha value is -1.36. The highest BCUT2D eigenvalue weighted by atomic mass is 35.5. The first-order valence-electron chi connectivity index (χ1n) is 5.96. The van der Waals surface area contributed by atoms with Gasteiger partial charge in [-0.2, -0.15) is 9.97 Å². The molecule has 2 rings (SSSR count). The quantitative estimate of drug-likeness (QED) is 0.849. The minimum Gasteiger partial charge on any atom is -0.364 e. The van der Waals surface area contributed by atoms with Crippen molar-refractivity contribution in [1.82, 2.24) is 19.5 Å². The second-order valence-electron chi connectivity index (χ2n) is 5.63. The third-order valence-corrected chi connectivity index (χ3v) is 2.62. The SMILES string of the molecule is CC(C)n1cnc2nc(Cl)nc(NC(C)(C)C)c21. The Morgan fingerprint density at radius 3 is 2.50 bits per heavy atom. The average molecular weight is 268 g/mol. The van der Waals surface area contributed by atoms with E-state index in [0.29, 0.717) is 11.7 Å². The summed E-state index contributed by atoms with van der Waals surface area (Å²) >= 11 is 5.93. The fraction of sp³-hybridized carbons (Fsp3) is 0.583. The molecular formula is C12H18ClN5. The van der Waals surface area contributed by atoms with Gasteiger partial charge in [0.1, 0.15) is 5.52 Å². The number of rotatable bonds is 2. The maximum Gasteiger partial charge on any atom is 0.226 e. The molecule has 6 heteroatoms. The number of aromatic nitrogens is 4. The van der Waals surface area contributed by atoms with Crippen LogP contribution in [-0.4, -0.2) is 25.1 Å². The van der Waals surface area contributed by atoms with E-state index in [0.717, 1.165) is 11.3 Å². The van der Waals surface area contributed by atoms with Gasteiger partial charge in [0.25, 0.3) is 0 Å². The van der Waals surface area contributed by atoms with Crippen molar-refractivity contribution in [2.45, 2.75) is 46.2 Å². The molecule has 0 unspecified atom stereocenters. The van der Waals surface area contributed by atoms with E-state index in [1.165, 1.54) is 0 Å². The Morgan fingerprint density at radius 1 is 1.28 bits per heavy atom. The van der Waals surface area contributed by atoms with Crippen LogP contribution in [0.4, 0.5) is 5.82 Å². The molecule has 0 spiro atoms. The van der Waals surface area contributed by atoms with Gasteiger partial charge in [0.15, 0.2) is 11.5 Å². The molecule has 5 nitrogen and oxygen atoms in total. The Labute approximate surface area is 112 Å². The predicted molar refractivity (Wildman–Crippen MR) is 74.1 cm³/mol. The molecule has 0 saturated carbocycles. The van der Waals surface area contributed by atoms with E-state index in [4.69, 9.17) is 11.6 Å². The maximum absolute atomic E-state index is 5.93. The Bertz CT molecular complexity index is 568. The molecule has 2 heterocycles. The average Bonchev–Trinajstić information content (AvgIpc) is 2.58. The number of imidazole rings is 1. The smallest absolute Gasteiger partial charge is 0.226 e. The van der Waals surface area contributed by atoms with E-state index in [1.54, 1.807) is 6.33 Å². The molecule has 98 valence electrons. The number of fused-ring (bicyclic) bond motifs is 1. The second kappa shape index (κ2) is 4.39. The van der Waals surface area contributed by atoms with Crippen LogP contribution in [-0.2, 0) is 0 Å². The van der Waals surface area contributed by atoms with Gasteiger partial charge < -0.3 is 9.88 Å². The standard InChI is InChI=1S/C12H18ClN5/c1-7(2)18-6-14-9-8(18)10(16-11(13)15-9)17-12(3,4)5/h6-7H,1-5H3,(H,15,16,17). The van der Waals surface area contributed by atoms with Gasteiger partial charge in [0, 0.05) is 11.6 Å². The first-order chi connectivity index (χ1) is 8.28. The van der Waals surface area contributed by atoms with Crippen LogP contribution in [0.25, 0.3) is 11.2 Å². The fourth-order valence-electron chi connectivity index (χ4n) is 1.75. The third-order valence-electron chi connectivity index (χ3n) is 2.45. The minimum absolute atomic E-state index is 0.101. The summed E-state index contributed by atoms with van der Waals surface area (Å²) in [5.41, 5.74) is 1.41. The molecule has 0 fully saturated rings. The van der Waals surface area contributed by atoms with E-state index in [1.807, 2.05) is 4.57 Å². The third kappa shape index (κ3) is 2.56. The molecule has 2 aromatic heterocycles. The number of anilines is 1. The van der Waals surface area contributed by atoms with Gasteiger partial charge in [-0.15, -0.1) is 0 Å². The number of halogens is 1. The van der Waals surface area contributed by atoms with Crippen LogP contribution in [0.3, 0.4) is 0 Å². The van der Waals surface area contributed by atoms with Crippen LogP contribution in [0.2, 0.25) is 5.28 Å². The summed E-state index contributed by atoms with van der Waals surface area (Å²) in [5.74, 6) is 0.726. The molecule has 0 aliphatic carbocycles. The molecule has 18 heavy (non-hydrogen) atoms. The van der Waals surface area contributed by atoms with Crippen molar-refractivity contribution in [2.75, 3.05) is 5.32 Å². The monoisotopic (exact) mass is 267 g/mol. The molecule has 0 bridgehead atoms. The van der Waals surface area contributed by atoms with Crippen molar-refractivity contribution in [3.05, 3.63) is 11.6 Å². The van der Waals surface area contributed by atoms with Gasteiger partial charge >= 0.3 is 0 Å². The summed E-state index contributed by atoms with van der Waals surface area (Å²) in [7, 11) is 0. The Morgan fingerprint density at radius 2 is 1.94 bits per heavy atom. The van der Waals surface area contributed by atoms with Gasteiger partial charge in [-0.1, -0.05) is 0 Å². The molecule has 0 aliphatic heterocycles. The second-order valence-corrected chi connectivity index (χ2v) is 5.97.